The van der Waals surface area contributed by atoms with Gasteiger partial charge in [0.15, 0.2) is 0 Å². The third-order valence-corrected chi connectivity index (χ3v) is 3.52. The number of hydrogen-bond acceptors (Lipinski definition) is 1. The molecule has 0 radical (unpaired) electrons. The summed E-state index contributed by atoms with van der Waals surface area (Å²) in [4.78, 5) is 10.7. The Morgan fingerprint density at radius 1 is 1.21 bits per heavy atom. The highest BCUT2D eigenvalue weighted by Gasteiger charge is 2.28. The van der Waals surface area contributed by atoms with E-state index >= 15 is 0 Å². The summed E-state index contributed by atoms with van der Waals surface area (Å²) in [6.45, 7) is 1.72. The SMILES string of the molecule is CC(Br)(CCCCCCCBr)C(=O)O. The highest BCUT2D eigenvalue weighted by atomic mass is 79.9. The summed E-state index contributed by atoms with van der Waals surface area (Å²) < 4.78 is -0.734. The van der Waals surface area contributed by atoms with Crippen LogP contribution in [0.4, 0.5) is 0 Å². The van der Waals surface area contributed by atoms with Crippen LogP contribution in [0.3, 0.4) is 0 Å². The fraction of sp³-hybridized carbons (Fsp3) is 0.900. The van der Waals surface area contributed by atoms with Crippen molar-refractivity contribution in [1.82, 2.24) is 0 Å². The molecule has 0 aromatic heterocycles. The molecule has 0 aliphatic rings. The van der Waals surface area contributed by atoms with Gasteiger partial charge in [-0.3, -0.25) is 4.79 Å². The van der Waals surface area contributed by atoms with E-state index in [0.717, 1.165) is 18.2 Å². The number of hydrogen-bond donors (Lipinski definition) is 1. The Morgan fingerprint density at radius 3 is 2.21 bits per heavy atom. The van der Waals surface area contributed by atoms with Gasteiger partial charge in [-0.05, 0) is 19.8 Å². The van der Waals surface area contributed by atoms with Gasteiger partial charge >= 0.3 is 5.97 Å². The second-order valence-electron chi connectivity index (χ2n) is 3.71. The molecule has 0 aliphatic heterocycles. The lowest BCUT2D eigenvalue weighted by Crippen LogP contribution is -2.27. The van der Waals surface area contributed by atoms with Gasteiger partial charge in [0.05, 0.1) is 0 Å². The lowest BCUT2D eigenvalue weighted by atomic mass is 10.0. The van der Waals surface area contributed by atoms with Crippen LogP contribution in [0, 0.1) is 0 Å². The van der Waals surface area contributed by atoms with Gasteiger partial charge in [0, 0.05) is 5.33 Å². The van der Waals surface area contributed by atoms with E-state index in [-0.39, 0.29) is 0 Å². The number of aliphatic carboxylic acids is 1. The number of carboxylic acids is 1. The van der Waals surface area contributed by atoms with Gasteiger partial charge in [0.1, 0.15) is 4.32 Å². The molecular weight excluding hydrogens is 312 g/mol. The van der Waals surface area contributed by atoms with Crippen LogP contribution < -0.4 is 0 Å². The van der Waals surface area contributed by atoms with Gasteiger partial charge in [-0.15, -0.1) is 0 Å². The smallest absolute Gasteiger partial charge is 0.320 e. The summed E-state index contributed by atoms with van der Waals surface area (Å²) in [6, 6.07) is 0. The van der Waals surface area contributed by atoms with Crippen molar-refractivity contribution in [3.63, 3.8) is 0 Å². The molecule has 14 heavy (non-hydrogen) atoms. The summed E-state index contributed by atoms with van der Waals surface area (Å²) in [6.07, 6.45) is 6.46. The number of alkyl halides is 2. The average Bonchev–Trinajstić information content (AvgIpc) is 2.10. The summed E-state index contributed by atoms with van der Waals surface area (Å²) in [5.41, 5.74) is 0. The van der Waals surface area contributed by atoms with Crippen molar-refractivity contribution in [3.05, 3.63) is 0 Å². The van der Waals surface area contributed by atoms with Crippen LogP contribution in [-0.4, -0.2) is 20.7 Å². The standard InChI is InChI=1S/C10H18Br2O2/c1-10(12,9(13)14)7-5-3-2-4-6-8-11/h2-8H2,1H3,(H,13,14). The minimum absolute atomic E-state index is 0.705. The first-order valence-electron chi connectivity index (χ1n) is 4.99. The van der Waals surface area contributed by atoms with Crippen molar-refractivity contribution in [1.29, 1.82) is 0 Å². The molecule has 4 heteroatoms. The first-order valence-corrected chi connectivity index (χ1v) is 6.90. The molecule has 0 saturated carbocycles. The average molecular weight is 330 g/mol. The first kappa shape index (κ1) is 14.4. The minimum atomic E-state index is -0.766. The van der Waals surface area contributed by atoms with Gasteiger partial charge in [0.25, 0.3) is 0 Å². The quantitative estimate of drug-likeness (QED) is 0.540. The topological polar surface area (TPSA) is 37.3 Å². The van der Waals surface area contributed by atoms with Crippen LogP contribution in [-0.2, 0) is 4.79 Å². The van der Waals surface area contributed by atoms with Crippen molar-refractivity contribution in [2.45, 2.75) is 49.8 Å². The minimum Gasteiger partial charge on any atom is -0.480 e. The molecule has 84 valence electrons. The summed E-state index contributed by atoms with van der Waals surface area (Å²) in [5.74, 6) is -0.766. The largest absolute Gasteiger partial charge is 0.480 e. The zero-order valence-electron chi connectivity index (χ0n) is 8.56. The van der Waals surface area contributed by atoms with Crippen LogP contribution in [0.15, 0.2) is 0 Å². The maximum atomic E-state index is 10.7. The number of halogens is 2. The second kappa shape index (κ2) is 7.69. The Hall–Kier alpha value is 0.430. The second-order valence-corrected chi connectivity index (χ2v) is 6.25. The molecule has 0 spiro atoms. The highest BCUT2D eigenvalue weighted by Crippen LogP contribution is 2.25. The Bertz CT molecular complexity index is 170. The molecule has 0 rings (SSSR count). The van der Waals surface area contributed by atoms with Crippen molar-refractivity contribution < 1.29 is 9.90 Å². The van der Waals surface area contributed by atoms with Crippen LogP contribution >= 0.6 is 31.9 Å². The van der Waals surface area contributed by atoms with E-state index in [1.165, 1.54) is 19.3 Å². The van der Waals surface area contributed by atoms with Gasteiger partial charge in [-0.2, -0.15) is 0 Å². The first-order chi connectivity index (χ1) is 6.50. The van der Waals surface area contributed by atoms with E-state index in [9.17, 15) is 4.79 Å². The van der Waals surface area contributed by atoms with Crippen molar-refractivity contribution >= 4 is 37.8 Å². The van der Waals surface area contributed by atoms with E-state index in [0.29, 0.717) is 6.42 Å². The zero-order valence-corrected chi connectivity index (χ0v) is 11.7. The van der Waals surface area contributed by atoms with Crippen molar-refractivity contribution in [2.75, 3.05) is 5.33 Å². The summed E-state index contributed by atoms with van der Waals surface area (Å²) >= 11 is 6.61. The van der Waals surface area contributed by atoms with Crippen molar-refractivity contribution in [3.8, 4) is 0 Å². The lowest BCUT2D eigenvalue weighted by molar-refractivity contribution is -0.139. The fourth-order valence-electron chi connectivity index (χ4n) is 1.19. The summed E-state index contributed by atoms with van der Waals surface area (Å²) in [5, 5.41) is 9.90. The predicted octanol–water partition coefficient (Wildman–Crippen LogP) is 3.96. The maximum absolute atomic E-state index is 10.7. The van der Waals surface area contributed by atoms with Crippen LogP contribution in [0.5, 0.6) is 0 Å². The fourth-order valence-corrected chi connectivity index (χ4v) is 1.87. The molecule has 1 atom stereocenters. The Labute approximate surface area is 103 Å². The van der Waals surface area contributed by atoms with E-state index in [1.54, 1.807) is 6.92 Å². The molecule has 1 unspecified atom stereocenters. The molecule has 0 bridgehead atoms. The van der Waals surface area contributed by atoms with E-state index in [1.807, 2.05) is 0 Å². The third-order valence-electron chi connectivity index (χ3n) is 2.23. The molecule has 0 heterocycles. The number of carboxylic acid groups (broad SMARTS) is 1. The third kappa shape index (κ3) is 6.82. The van der Waals surface area contributed by atoms with Gasteiger partial charge in [0.2, 0.25) is 0 Å². The van der Waals surface area contributed by atoms with E-state index in [4.69, 9.17) is 5.11 Å². The highest BCUT2D eigenvalue weighted by molar-refractivity contribution is 9.10. The van der Waals surface area contributed by atoms with Crippen LogP contribution in [0.2, 0.25) is 0 Å². The molecule has 1 N–H and O–H groups in total. The number of rotatable bonds is 8. The molecule has 2 nitrogen and oxygen atoms in total. The molecule has 0 saturated heterocycles. The van der Waals surface area contributed by atoms with E-state index < -0.39 is 10.3 Å². The summed E-state index contributed by atoms with van der Waals surface area (Å²) in [7, 11) is 0. The Balaban J connectivity index is 3.40. The van der Waals surface area contributed by atoms with Crippen molar-refractivity contribution in [2.24, 2.45) is 0 Å². The molecule has 0 aliphatic carbocycles. The lowest BCUT2D eigenvalue weighted by Gasteiger charge is -2.16. The maximum Gasteiger partial charge on any atom is 0.320 e. The predicted molar refractivity (Wildman–Crippen MR) is 66.5 cm³/mol. The number of carbonyl (C=O) groups is 1. The molecule has 0 aromatic carbocycles. The molecule has 0 amide bonds. The molecule has 0 aromatic rings. The van der Waals surface area contributed by atoms with Gasteiger partial charge in [-0.1, -0.05) is 57.5 Å². The van der Waals surface area contributed by atoms with Gasteiger partial charge < -0.3 is 5.11 Å². The van der Waals surface area contributed by atoms with Gasteiger partial charge in [-0.25, -0.2) is 0 Å². The van der Waals surface area contributed by atoms with Crippen LogP contribution in [0.1, 0.15) is 45.4 Å². The number of unbranched alkanes of at least 4 members (excludes halogenated alkanes) is 4. The monoisotopic (exact) mass is 328 g/mol. The van der Waals surface area contributed by atoms with Crippen LogP contribution in [0.25, 0.3) is 0 Å². The normalized spacial score (nSPS) is 15.1. The van der Waals surface area contributed by atoms with E-state index in [2.05, 4.69) is 31.9 Å². The Kier molecular flexibility index (Phi) is 7.92. The molecular formula is C10H18Br2O2. The zero-order chi connectivity index (χ0) is 11.0. The Morgan fingerprint density at radius 2 is 1.71 bits per heavy atom. The molecule has 0 fully saturated rings.